The van der Waals surface area contributed by atoms with Gasteiger partial charge in [0.05, 0.1) is 18.9 Å². The molecule has 0 spiro atoms. The summed E-state index contributed by atoms with van der Waals surface area (Å²) < 4.78 is 10.0. The Hall–Kier alpha value is -3.73. The van der Waals surface area contributed by atoms with E-state index in [0.29, 0.717) is 21.9 Å². The second-order valence-electron chi connectivity index (χ2n) is 6.89. The van der Waals surface area contributed by atoms with E-state index in [1.165, 1.54) is 24.7 Å². The number of anilines is 1. The number of amides is 3. The Kier molecular flexibility index (Phi) is 7.55. The van der Waals surface area contributed by atoms with Gasteiger partial charge in [0.2, 0.25) is 0 Å². The molecule has 3 amide bonds. The number of nitrogens with zero attached hydrogens (tertiary/aromatic N) is 1. The summed E-state index contributed by atoms with van der Waals surface area (Å²) in [6.07, 6.45) is 4.81. The number of methoxy groups -OCH3 is 1. The van der Waals surface area contributed by atoms with E-state index in [1.54, 1.807) is 24.3 Å². The molecule has 1 aliphatic rings. The number of hydrogen-bond donors (Lipinski definition) is 3. The molecule has 10 nitrogen and oxygen atoms in total. The fraction of sp³-hybridized carbons (Fsp3) is 0.286. The monoisotopic (exact) mass is 458 g/mol. The highest BCUT2D eigenvalue weighted by molar-refractivity contribution is 7.17. The minimum Gasteiger partial charge on any atom is -0.484 e. The fourth-order valence-electron chi connectivity index (χ4n) is 3.19. The zero-order valence-electron chi connectivity index (χ0n) is 17.3. The quantitative estimate of drug-likeness (QED) is 0.247. The van der Waals surface area contributed by atoms with Gasteiger partial charge in [-0.1, -0.05) is 12.1 Å². The van der Waals surface area contributed by atoms with E-state index < -0.39 is 23.7 Å². The lowest BCUT2D eigenvalue weighted by molar-refractivity contribution is -0.136. The summed E-state index contributed by atoms with van der Waals surface area (Å²) in [5, 5.41) is 6.55. The predicted molar refractivity (Wildman–Crippen MR) is 118 cm³/mol. The van der Waals surface area contributed by atoms with E-state index in [4.69, 9.17) is 15.2 Å². The zero-order valence-corrected chi connectivity index (χ0v) is 18.1. The van der Waals surface area contributed by atoms with Crippen molar-refractivity contribution < 1.29 is 28.7 Å². The first-order valence-corrected chi connectivity index (χ1v) is 10.6. The van der Waals surface area contributed by atoms with Crippen LogP contribution in [0, 0.1) is 0 Å². The van der Waals surface area contributed by atoms with Crippen LogP contribution in [-0.2, 0) is 32.0 Å². The SMILES string of the molecule is COC(=O)c1c(NC(=O)C(=O)NN=Cc2cccc(OCC(N)=O)c2)sc2c1CCCC2. The summed E-state index contributed by atoms with van der Waals surface area (Å²) in [4.78, 5) is 48.5. The third kappa shape index (κ3) is 5.70. The second-order valence-corrected chi connectivity index (χ2v) is 7.99. The van der Waals surface area contributed by atoms with Crippen LogP contribution in [0.5, 0.6) is 5.75 Å². The molecule has 0 atom stereocenters. The lowest BCUT2D eigenvalue weighted by Gasteiger charge is -2.11. The van der Waals surface area contributed by atoms with E-state index in [0.717, 1.165) is 36.1 Å². The highest BCUT2D eigenvalue weighted by Gasteiger charge is 2.28. The number of rotatable bonds is 7. The fourth-order valence-corrected chi connectivity index (χ4v) is 4.46. The first-order valence-electron chi connectivity index (χ1n) is 9.77. The molecule has 1 heterocycles. The minimum absolute atomic E-state index is 0.267. The van der Waals surface area contributed by atoms with Gasteiger partial charge in [0.1, 0.15) is 10.8 Å². The van der Waals surface area contributed by atoms with Crippen LogP contribution >= 0.6 is 11.3 Å². The number of nitrogens with two attached hydrogens (primary N) is 1. The Bertz CT molecular complexity index is 1080. The van der Waals surface area contributed by atoms with Crippen molar-refractivity contribution in [3.05, 3.63) is 45.8 Å². The Morgan fingerprint density at radius 1 is 1.19 bits per heavy atom. The molecule has 0 unspecified atom stereocenters. The van der Waals surface area contributed by atoms with Crippen LogP contribution in [0.1, 0.15) is 39.2 Å². The first kappa shape index (κ1) is 22.9. The Labute approximate surface area is 187 Å². The highest BCUT2D eigenvalue weighted by Crippen LogP contribution is 2.38. The molecule has 1 aromatic carbocycles. The van der Waals surface area contributed by atoms with Crippen molar-refractivity contribution >= 4 is 46.2 Å². The minimum atomic E-state index is -0.996. The van der Waals surface area contributed by atoms with Crippen molar-refractivity contribution in [3.63, 3.8) is 0 Å². The number of esters is 1. The number of fused-ring (bicyclic) bond motifs is 1. The maximum absolute atomic E-state index is 12.3. The third-order valence-corrected chi connectivity index (χ3v) is 5.82. The molecule has 0 aliphatic heterocycles. The lowest BCUT2D eigenvalue weighted by atomic mass is 9.95. The van der Waals surface area contributed by atoms with Crippen molar-refractivity contribution in [2.75, 3.05) is 19.0 Å². The number of carbonyl (C=O) groups is 4. The molecular weight excluding hydrogens is 436 g/mol. The zero-order chi connectivity index (χ0) is 23.1. The van der Waals surface area contributed by atoms with Gasteiger partial charge in [-0.05, 0) is 48.9 Å². The normalized spacial score (nSPS) is 12.7. The molecule has 11 heteroatoms. The molecule has 1 aromatic heterocycles. The van der Waals surface area contributed by atoms with Crippen molar-refractivity contribution in [2.45, 2.75) is 25.7 Å². The van der Waals surface area contributed by atoms with Gasteiger partial charge in [-0.2, -0.15) is 5.10 Å². The number of carbonyl (C=O) groups excluding carboxylic acids is 4. The number of primary amides is 1. The molecule has 0 bridgehead atoms. The molecule has 0 radical (unpaired) electrons. The van der Waals surface area contributed by atoms with Gasteiger partial charge >= 0.3 is 17.8 Å². The Morgan fingerprint density at radius 3 is 2.72 bits per heavy atom. The molecule has 2 aromatic rings. The smallest absolute Gasteiger partial charge is 0.341 e. The summed E-state index contributed by atoms with van der Waals surface area (Å²) in [6, 6.07) is 6.56. The topological polar surface area (TPSA) is 149 Å². The first-order chi connectivity index (χ1) is 15.4. The van der Waals surface area contributed by atoms with Crippen LogP contribution in [-0.4, -0.2) is 43.6 Å². The van der Waals surface area contributed by atoms with Crippen molar-refractivity contribution in [1.29, 1.82) is 0 Å². The third-order valence-electron chi connectivity index (χ3n) is 4.61. The Morgan fingerprint density at radius 2 is 1.97 bits per heavy atom. The highest BCUT2D eigenvalue weighted by atomic mass is 32.1. The molecule has 3 rings (SSSR count). The predicted octanol–water partition coefficient (Wildman–Crippen LogP) is 1.37. The molecule has 4 N–H and O–H groups in total. The average molecular weight is 458 g/mol. The van der Waals surface area contributed by atoms with Crippen LogP contribution in [0.15, 0.2) is 29.4 Å². The van der Waals surface area contributed by atoms with Crippen molar-refractivity contribution in [3.8, 4) is 5.75 Å². The summed E-state index contributed by atoms with van der Waals surface area (Å²) in [6.45, 7) is -0.267. The van der Waals surface area contributed by atoms with Gasteiger partial charge < -0.3 is 20.5 Å². The number of hydrogen-bond acceptors (Lipinski definition) is 8. The summed E-state index contributed by atoms with van der Waals surface area (Å²) in [5.74, 6) is -2.70. The molecular formula is C21H22N4O6S. The van der Waals surface area contributed by atoms with Gasteiger partial charge in [0.25, 0.3) is 5.91 Å². The number of thiophene rings is 1. The molecule has 1 aliphatic carbocycles. The number of ether oxygens (including phenoxy) is 2. The summed E-state index contributed by atoms with van der Waals surface area (Å²) in [7, 11) is 1.27. The van der Waals surface area contributed by atoms with Gasteiger partial charge in [0, 0.05) is 4.88 Å². The summed E-state index contributed by atoms with van der Waals surface area (Å²) in [5.41, 5.74) is 8.92. The molecule has 0 saturated carbocycles. The standard InChI is InChI=1S/C21H22N4O6S/c1-30-21(29)17-14-7-2-3-8-15(14)32-20(17)24-18(27)19(28)25-23-10-12-5-4-6-13(9-12)31-11-16(22)26/h4-6,9-10H,2-3,7-8,11H2,1H3,(H2,22,26)(H,24,27)(H,25,28). The van der Waals surface area contributed by atoms with Crippen LogP contribution in [0.25, 0.3) is 0 Å². The maximum Gasteiger partial charge on any atom is 0.341 e. The van der Waals surface area contributed by atoms with Crippen LogP contribution in [0.2, 0.25) is 0 Å². The van der Waals surface area contributed by atoms with E-state index in [9.17, 15) is 19.2 Å². The van der Waals surface area contributed by atoms with Crippen LogP contribution < -0.4 is 21.2 Å². The lowest BCUT2D eigenvalue weighted by Crippen LogP contribution is -2.32. The van der Waals surface area contributed by atoms with E-state index >= 15 is 0 Å². The van der Waals surface area contributed by atoms with Crippen molar-refractivity contribution in [2.24, 2.45) is 10.8 Å². The molecule has 32 heavy (non-hydrogen) atoms. The van der Waals surface area contributed by atoms with Gasteiger partial charge in [-0.15, -0.1) is 11.3 Å². The molecule has 168 valence electrons. The van der Waals surface area contributed by atoms with Gasteiger partial charge in [0.15, 0.2) is 6.61 Å². The van der Waals surface area contributed by atoms with E-state index in [-0.39, 0.29) is 6.61 Å². The van der Waals surface area contributed by atoms with Gasteiger partial charge in [-0.25, -0.2) is 10.2 Å². The van der Waals surface area contributed by atoms with E-state index in [2.05, 4.69) is 15.8 Å². The maximum atomic E-state index is 12.3. The largest absolute Gasteiger partial charge is 0.484 e. The number of aryl methyl sites for hydroxylation is 1. The molecule has 0 fully saturated rings. The summed E-state index contributed by atoms with van der Waals surface area (Å²) >= 11 is 1.28. The number of nitrogens with one attached hydrogen (secondary N) is 2. The van der Waals surface area contributed by atoms with Crippen LogP contribution in [0.4, 0.5) is 5.00 Å². The average Bonchev–Trinajstić information content (AvgIpc) is 3.15. The Balaban J connectivity index is 1.63. The van der Waals surface area contributed by atoms with Gasteiger partial charge in [-0.3, -0.25) is 14.4 Å². The van der Waals surface area contributed by atoms with E-state index in [1.807, 2.05) is 0 Å². The van der Waals surface area contributed by atoms with Crippen molar-refractivity contribution in [1.82, 2.24) is 5.43 Å². The number of hydrazone groups is 1. The number of benzene rings is 1. The van der Waals surface area contributed by atoms with Crippen LogP contribution in [0.3, 0.4) is 0 Å². The molecule has 0 saturated heterocycles. The second kappa shape index (κ2) is 10.5.